The second-order valence-corrected chi connectivity index (χ2v) is 7.95. The van der Waals surface area contributed by atoms with Gasteiger partial charge in [0.05, 0.1) is 0 Å². The first-order valence-corrected chi connectivity index (χ1v) is 9.06. The molecular weight excluding hydrogens is 328 g/mol. The van der Waals surface area contributed by atoms with E-state index < -0.39 is 15.5 Å². The maximum Gasteiger partial charge on any atom is 0.295 e. The monoisotopic (exact) mass is 350 g/mol. The van der Waals surface area contributed by atoms with E-state index >= 15 is 0 Å². The van der Waals surface area contributed by atoms with Gasteiger partial charge in [-0.05, 0) is 12.1 Å². The van der Waals surface area contributed by atoms with Gasteiger partial charge in [0, 0.05) is 35.0 Å². The summed E-state index contributed by atoms with van der Waals surface area (Å²) in [6, 6.07) is 9.91. The molecule has 0 saturated carbocycles. The highest BCUT2D eigenvalue weighted by molar-refractivity contribution is 7.86. The fourth-order valence-corrected chi connectivity index (χ4v) is 3.01. The second-order valence-electron chi connectivity index (χ2n) is 6.56. The molecule has 0 bridgehead atoms. The molecule has 7 heteroatoms. The van der Waals surface area contributed by atoms with Gasteiger partial charge in [0.25, 0.3) is 10.1 Å². The van der Waals surface area contributed by atoms with Crippen LogP contribution >= 0.6 is 0 Å². The Labute approximate surface area is 142 Å². The minimum Gasteiger partial charge on any atom is -0.383 e. The van der Waals surface area contributed by atoms with Crippen LogP contribution in [0.25, 0.3) is 10.8 Å². The van der Waals surface area contributed by atoms with Gasteiger partial charge in [-0.15, -0.1) is 0 Å². The molecule has 0 aliphatic carbocycles. The van der Waals surface area contributed by atoms with Gasteiger partial charge in [0.1, 0.15) is 4.90 Å². The van der Waals surface area contributed by atoms with E-state index in [4.69, 9.17) is 0 Å². The molecule has 2 aromatic rings. The average Bonchev–Trinajstić information content (AvgIpc) is 2.48. The van der Waals surface area contributed by atoms with E-state index in [1.165, 1.54) is 6.07 Å². The normalized spacial score (nSPS) is 12.2. The van der Waals surface area contributed by atoms with Crippen molar-refractivity contribution in [3.63, 3.8) is 0 Å². The molecule has 130 valence electrons. The van der Waals surface area contributed by atoms with Gasteiger partial charge in [-0.25, -0.2) is 0 Å². The summed E-state index contributed by atoms with van der Waals surface area (Å²) in [5.74, 6) is -0.0316. The molecule has 6 nitrogen and oxygen atoms in total. The maximum atomic E-state index is 11.8. The fourth-order valence-electron chi connectivity index (χ4n) is 2.30. The molecule has 0 saturated heterocycles. The van der Waals surface area contributed by atoms with Crippen molar-refractivity contribution in [2.45, 2.75) is 25.7 Å². The Balaban J connectivity index is 2.15. The maximum absolute atomic E-state index is 11.8. The zero-order valence-corrected chi connectivity index (χ0v) is 14.8. The number of carbonyl (C=O) groups excluding carboxylic acids is 1. The molecular formula is C17H22N2O4S. The van der Waals surface area contributed by atoms with Crippen LogP contribution in [0.3, 0.4) is 0 Å². The molecule has 0 atom stereocenters. The lowest BCUT2D eigenvalue weighted by Gasteiger charge is -2.18. The lowest BCUT2D eigenvalue weighted by molar-refractivity contribution is -0.128. The number of fused-ring (bicyclic) bond motifs is 1. The van der Waals surface area contributed by atoms with Crippen molar-refractivity contribution in [1.29, 1.82) is 0 Å². The highest BCUT2D eigenvalue weighted by atomic mass is 32.2. The third kappa shape index (κ3) is 4.24. The van der Waals surface area contributed by atoms with Crippen molar-refractivity contribution in [2.75, 3.05) is 18.4 Å². The third-order valence-corrected chi connectivity index (χ3v) is 4.48. The van der Waals surface area contributed by atoms with Crippen LogP contribution in [0.2, 0.25) is 0 Å². The van der Waals surface area contributed by atoms with Crippen LogP contribution in [-0.2, 0) is 14.9 Å². The molecule has 3 N–H and O–H groups in total. The Morgan fingerprint density at radius 1 is 1.04 bits per heavy atom. The molecule has 0 aromatic heterocycles. The third-order valence-electron chi connectivity index (χ3n) is 3.57. The van der Waals surface area contributed by atoms with E-state index in [1.54, 1.807) is 24.3 Å². The number of carbonyl (C=O) groups is 1. The molecule has 0 heterocycles. The van der Waals surface area contributed by atoms with Gasteiger partial charge in [-0.1, -0.05) is 45.0 Å². The molecule has 0 aliphatic heterocycles. The lowest BCUT2D eigenvalue weighted by atomic mass is 9.96. The molecule has 24 heavy (non-hydrogen) atoms. The predicted molar refractivity (Wildman–Crippen MR) is 94.7 cm³/mol. The van der Waals surface area contributed by atoms with E-state index in [9.17, 15) is 17.8 Å². The molecule has 0 unspecified atom stereocenters. The number of hydrogen-bond acceptors (Lipinski definition) is 4. The van der Waals surface area contributed by atoms with Crippen molar-refractivity contribution >= 4 is 32.5 Å². The summed E-state index contributed by atoms with van der Waals surface area (Å²) in [5, 5.41) is 7.16. The summed E-state index contributed by atoms with van der Waals surface area (Å²) in [4.78, 5) is 11.7. The molecule has 1 amide bonds. The fraction of sp³-hybridized carbons (Fsp3) is 0.353. The summed E-state index contributed by atoms with van der Waals surface area (Å²) in [6.07, 6.45) is 0. The highest BCUT2D eigenvalue weighted by Crippen LogP contribution is 2.28. The quantitative estimate of drug-likeness (QED) is 0.569. The number of rotatable bonds is 5. The van der Waals surface area contributed by atoms with Crippen LogP contribution in [-0.4, -0.2) is 32.0 Å². The number of benzene rings is 2. The van der Waals surface area contributed by atoms with Gasteiger partial charge in [-0.2, -0.15) is 8.42 Å². The average molecular weight is 350 g/mol. The van der Waals surface area contributed by atoms with Gasteiger partial charge in [0.15, 0.2) is 0 Å². The SMILES string of the molecule is CC(C)(C)C(=O)NCCNc1cccc2c(S(=O)(=O)O)cccc12. The number of anilines is 1. The lowest BCUT2D eigenvalue weighted by Crippen LogP contribution is -2.37. The van der Waals surface area contributed by atoms with Crippen molar-refractivity contribution in [1.82, 2.24) is 5.32 Å². The van der Waals surface area contributed by atoms with E-state index in [0.717, 1.165) is 5.69 Å². The summed E-state index contributed by atoms with van der Waals surface area (Å²) in [5.41, 5.74) is 0.298. The number of amides is 1. The van der Waals surface area contributed by atoms with Crippen molar-refractivity contribution in [2.24, 2.45) is 5.41 Å². The molecule has 0 aliphatic rings. The first-order valence-electron chi connectivity index (χ1n) is 7.62. The topological polar surface area (TPSA) is 95.5 Å². The molecule has 0 radical (unpaired) electrons. The van der Waals surface area contributed by atoms with Gasteiger partial charge in [-0.3, -0.25) is 9.35 Å². The molecule has 0 spiro atoms. The second kappa shape index (κ2) is 6.78. The Bertz CT molecular complexity index is 855. The zero-order valence-electron chi connectivity index (χ0n) is 14.0. The van der Waals surface area contributed by atoms with Crippen LogP contribution in [0.4, 0.5) is 5.69 Å². The summed E-state index contributed by atoms with van der Waals surface area (Å²) in [7, 11) is -4.28. The summed E-state index contributed by atoms with van der Waals surface area (Å²) < 4.78 is 32.3. The Morgan fingerprint density at radius 2 is 1.67 bits per heavy atom. The van der Waals surface area contributed by atoms with Crippen LogP contribution in [0, 0.1) is 5.41 Å². The predicted octanol–water partition coefficient (Wildman–Crippen LogP) is 2.66. The summed E-state index contributed by atoms with van der Waals surface area (Å²) >= 11 is 0. The summed E-state index contributed by atoms with van der Waals surface area (Å²) in [6.45, 7) is 6.48. The minimum atomic E-state index is -4.28. The minimum absolute atomic E-state index is 0.0316. The first kappa shape index (κ1) is 18.2. The highest BCUT2D eigenvalue weighted by Gasteiger charge is 2.20. The molecule has 0 fully saturated rings. The molecule has 2 aromatic carbocycles. The zero-order chi connectivity index (χ0) is 18.0. The Kier molecular flexibility index (Phi) is 5.15. The van der Waals surface area contributed by atoms with Gasteiger partial charge >= 0.3 is 0 Å². The molecule has 2 rings (SSSR count). The van der Waals surface area contributed by atoms with Crippen molar-refractivity contribution in [3.8, 4) is 0 Å². The largest absolute Gasteiger partial charge is 0.383 e. The van der Waals surface area contributed by atoms with Crippen LogP contribution < -0.4 is 10.6 Å². The van der Waals surface area contributed by atoms with Gasteiger partial charge < -0.3 is 10.6 Å². The number of hydrogen-bond donors (Lipinski definition) is 3. The van der Waals surface area contributed by atoms with Crippen molar-refractivity contribution < 1.29 is 17.8 Å². The Hall–Kier alpha value is -2.12. The van der Waals surface area contributed by atoms with Crippen LogP contribution in [0.5, 0.6) is 0 Å². The van der Waals surface area contributed by atoms with Crippen LogP contribution in [0.15, 0.2) is 41.3 Å². The van der Waals surface area contributed by atoms with E-state index in [0.29, 0.717) is 23.9 Å². The van der Waals surface area contributed by atoms with E-state index in [-0.39, 0.29) is 10.8 Å². The van der Waals surface area contributed by atoms with E-state index in [2.05, 4.69) is 10.6 Å². The van der Waals surface area contributed by atoms with Crippen molar-refractivity contribution in [3.05, 3.63) is 36.4 Å². The van der Waals surface area contributed by atoms with Crippen LogP contribution in [0.1, 0.15) is 20.8 Å². The van der Waals surface area contributed by atoms with E-state index in [1.807, 2.05) is 26.8 Å². The first-order chi connectivity index (χ1) is 11.1. The van der Waals surface area contributed by atoms with Gasteiger partial charge in [0.2, 0.25) is 5.91 Å². The smallest absolute Gasteiger partial charge is 0.295 e. The standard InChI is InChI=1S/C17H22N2O4S/c1-17(2,3)16(20)19-11-10-18-14-8-4-7-13-12(14)6-5-9-15(13)24(21,22)23/h4-9,18H,10-11H2,1-3H3,(H,19,20)(H,21,22,23). The number of nitrogens with one attached hydrogen (secondary N) is 2. The Morgan fingerprint density at radius 3 is 2.29 bits per heavy atom.